The fraction of sp³-hybridized carbons (Fsp3) is 0.364. The van der Waals surface area contributed by atoms with Crippen LogP contribution in [0.25, 0.3) is 0 Å². The highest BCUT2D eigenvalue weighted by molar-refractivity contribution is 5.97. The Balaban J connectivity index is 1.39. The van der Waals surface area contributed by atoms with E-state index in [2.05, 4.69) is 15.5 Å². The average molecular weight is 379 g/mol. The van der Waals surface area contributed by atoms with E-state index in [0.29, 0.717) is 37.5 Å². The molecule has 2 N–H and O–H groups in total. The van der Waals surface area contributed by atoms with E-state index in [1.54, 1.807) is 6.07 Å². The number of amides is 2. The van der Waals surface area contributed by atoms with Crippen LogP contribution in [-0.2, 0) is 11.3 Å². The van der Waals surface area contributed by atoms with Crippen molar-refractivity contribution in [3.8, 4) is 5.75 Å². The SMILES string of the molecule is O=C(CN1CCCC2(CNC(=O)c3ccccc3O2)C1)NCc1ccccc1. The molecule has 146 valence electrons. The van der Waals surface area contributed by atoms with E-state index >= 15 is 0 Å². The van der Waals surface area contributed by atoms with Gasteiger partial charge in [0.2, 0.25) is 5.91 Å². The molecule has 2 amide bonds. The maximum absolute atomic E-state index is 12.4. The zero-order chi connectivity index (χ0) is 19.4. The fourth-order valence-electron chi connectivity index (χ4n) is 3.96. The summed E-state index contributed by atoms with van der Waals surface area (Å²) in [5.41, 5.74) is 1.15. The molecule has 0 radical (unpaired) electrons. The number of fused-ring (bicyclic) bond motifs is 1. The fourth-order valence-corrected chi connectivity index (χ4v) is 3.96. The zero-order valence-corrected chi connectivity index (χ0v) is 15.8. The van der Waals surface area contributed by atoms with Gasteiger partial charge in [-0.15, -0.1) is 0 Å². The van der Waals surface area contributed by atoms with Gasteiger partial charge in [0.1, 0.15) is 11.4 Å². The monoisotopic (exact) mass is 379 g/mol. The zero-order valence-electron chi connectivity index (χ0n) is 15.8. The van der Waals surface area contributed by atoms with Crippen molar-refractivity contribution < 1.29 is 14.3 Å². The first-order chi connectivity index (χ1) is 13.6. The van der Waals surface area contributed by atoms with E-state index in [-0.39, 0.29) is 11.8 Å². The van der Waals surface area contributed by atoms with Crippen molar-refractivity contribution in [3.63, 3.8) is 0 Å². The number of nitrogens with zero attached hydrogens (tertiary/aromatic N) is 1. The Hall–Kier alpha value is -2.86. The normalized spacial score (nSPS) is 21.9. The quantitative estimate of drug-likeness (QED) is 0.852. The molecule has 0 aliphatic carbocycles. The van der Waals surface area contributed by atoms with Crippen LogP contribution in [0.3, 0.4) is 0 Å². The highest BCUT2D eigenvalue weighted by Gasteiger charge is 2.41. The van der Waals surface area contributed by atoms with E-state index in [9.17, 15) is 9.59 Å². The Morgan fingerprint density at radius 2 is 1.93 bits per heavy atom. The molecule has 1 atom stereocenters. The topological polar surface area (TPSA) is 70.7 Å². The molecule has 6 heteroatoms. The van der Waals surface area contributed by atoms with Crippen LogP contribution in [0.2, 0.25) is 0 Å². The van der Waals surface area contributed by atoms with Gasteiger partial charge in [0.05, 0.1) is 18.7 Å². The first-order valence-corrected chi connectivity index (χ1v) is 9.73. The number of nitrogens with one attached hydrogen (secondary N) is 2. The number of hydrogen-bond donors (Lipinski definition) is 2. The molecule has 0 bridgehead atoms. The lowest BCUT2D eigenvalue weighted by Gasteiger charge is -2.41. The Kier molecular flexibility index (Phi) is 5.30. The van der Waals surface area contributed by atoms with Crippen molar-refractivity contribution in [1.29, 1.82) is 0 Å². The number of carbonyl (C=O) groups excluding carboxylic acids is 2. The molecule has 2 aromatic rings. The second-order valence-corrected chi connectivity index (χ2v) is 7.54. The first kappa shape index (κ1) is 18.5. The molecular weight excluding hydrogens is 354 g/mol. The van der Waals surface area contributed by atoms with Gasteiger partial charge in [0.15, 0.2) is 0 Å². The molecule has 28 heavy (non-hydrogen) atoms. The summed E-state index contributed by atoms with van der Waals surface area (Å²) in [7, 11) is 0. The molecule has 0 saturated carbocycles. The minimum absolute atomic E-state index is 0.000962. The number of para-hydroxylation sites is 1. The van der Waals surface area contributed by atoms with Crippen LogP contribution in [0.5, 0.6) is 5.75 Å². The third kappa shape index (κ3) is 4.17. The number of benzene rings is 2. The molecule has 0 aromatic heterocycles. The maximum Gasteiger partial charge on any atom is 0.255 e. The highest BCUT2D eigenvalue weighted by atomic mass is 16.5. The molecular formula is C22H25N3O3. The number of likely N-dealkylation sites (tertiary alicyclic amines) is 1. The molecule has 1 fully saturated rings. The second kappa shape index (κ2) is 8.02. The van der Waals surface area contributed by atoms with Gasteiger partial charge < -0.3 is 15.4 Å². The van der Waals surface area contributed by atoms with Gasteiger partial charge in [-0.25, -0.2) is 0 Å². The molecule has 6 nitrogen and oxygen atoms in total. The van der Waals surface area contributed by atoms with Crippen molar-refractivity contribution in [2.24, 2.45) is 0 Å². The summed E-state index contributed by atoms with van der Waals surface area (Å²) in [5.74, 6) is 0.511. The Bertz CT molecular complexity index is 855. The minimum Gasteiger partial charge on any atom is -0.483 e. The average Bonchev–Trinajstić information content (AvgIpc) is 2.84. The molecule has 2 aromatic carbocycles. The molecule has 2 aliphatic heterocycles. The summed E-state index contributed by atoms with van der Waals surface area (Å²) in [6, 6.07) is 17.2. The smallest absolute Gasteiger partial charge is 0.255 e. The predicted octanol–water partition coefficient (Wildman–Crippen LogP) is 1.96. The standard InChI is InChI=1S/C22H25N3O3/c26-20(23-13-17-7-2-1-3-8-17)14-25-12-6-11-22(16-25)15-24-21(27)18-9-4-5-10-19(18)28-22/h1-5,7-10H,6,11-16H2,(H,23,26)(H,24,27). The number of carbonyl (C=O) groups is 2. The van der Waals surface area contributed by atoms with Crippen LogP contribution in [0.4, 0.5) is 0 Å². The van der Waals surface area contributed by atoms with Gasteiger partial charge in [0, 0.05) is 13.1 Å². The lowest BCUT2D eigenvalue weighted by atomic mass is 9.92. The molecule has 4 rings (SSSR count). The Labute approximate surface area is 164 Å². The van der Waals surface area contributed by atoms with Gasteiger partial charge in [-0.2, -0.15) is 0 Å². The summed E-state index contributed by atoms with van der Waals surface area (Å²) in [4.78, 5) is 26.9. The van der Waals surface area contributed by atoms with E-state index < -0.39 is 5.60 Å². The van der Waals surface area contributed by atoms with Crippen LogP contribution in [-0.4, -0.2) is 48.5 Å². The second-order valence-electron chi connectivity index (χ2n) is 7.54. The van der Waals surface area contributed by atoms with Crippen molar-refractivity contribution in [3.05, 3.63) is 65.7 Å². The first-order valence-electron chi connectivity index (χ1n) is 9.73. The summed E-state index contributed by atoms with van der Waals surface area (Å²) in [6.07, 6.45) is 1.77. The van der Waals surface area contributed by atoms with E-state index in [0.717, 1.165) is 24.9 Å². The third-order valence-corrected chi connectivity index (χ3v) is 5.35. The van der Waals surface area contributed by atoms with Gasteiger partial charge in [-0.05, 0) is 37.1 Å². The maximum atomic E-state index is 12.4. The van der Waals surface area contributed by atoms with E-state index in [1.165, 1.54) is 0 Å². The Morgan fingerprint density at radius 3 is 2.79 bits per heavy atom. The van der Waals surface area contributed by atoms with E-state index in [4.69, 9.17) is 4.74 Å². The summed E-state index contributed by atoms with van der Waals surface area (Å²) in [5, 5.41) is 5.97. The highest BCUT2D eigenvalue weighted by Crippen LogP contribution is 2.31. The van der Waals surface area contributed by atoms with Crippen LogP contribution in [0.1, 0.15) is 28.8 Å². The molecule has 1 spiro atoms. The van der Waals surface area contributed by atoms with Crippen LogP contribution >= 0.6 is 0 Å². The predicted molar refractivity (Wildman–Crippen MR) is 106 cm³/mol. The number of rotatable bonds is 4. The lowest BCUT2D eigenvalue weighted by Crippen LogP contribution is -2.57. The summed E-state index contributed by atoms with van der Waals surface area (Å²) < 4.78 is 6.34. The number of piperidine rings is 1. The van der Waals surface area contributed by atoms with Gasteiger partial charge in [-0.1, -0.05) is 42.5 Å². The van der Waals surface area contributed by atoms with Crippen molar-refractivity contribution >= 4 is 11.8 Å². The molecule has 1 saturated heterocycles. The molecule has 2 heterocycles. The lowest BCUT2D eigenvalue weighted by molar-refractivity contribution is -0.123. The van der Waals surface area contributed by atoms with Gasteiger partial charge in [0.25, 0.3) is 5.91 Å². The molecule has 2 aliphatic rings. The minimum atomic E-state index is -0.500. The number of hydrogen-bond acceptors (Lipinski definition) is 4. The number of ether oxygens (including phenoxy) is 1. The van der Waals surface area contributed by atoms with Crippen LogP contribution < -0.4 is 15.4 Å². The van der Waals surface area contributed by atoms with E-state index in [1.807, 2.05) is 48.5 Å². The van der Waals surface area contributed by atoms with Gasteiger partial charge >= 0.3 is 0 Å². The van der Waals surface area contributed by atoms with Crippen molar-refractivity contribution in [1.82, 2.24) is 15.5 Å². The van der Waals surface area contributed by atoms with Crippen LogP contribution in [0, 0.1) is 0 Å². The third-order valence-electron chi connectivity index (χ3n) is 5.35. The molecule has 1 unspecified atom stereocenters. The van der Waals surface area contributed by atoms with Gasteiger partial charge in [-0.3, -0.25) is 14.5 Å². The Morgan fingerprint density at radius 1 is 1.14 bits per heavy atom. The van der Waals surface area contributed by atoms with Crippen molar-refractivity contribution in [2.45, 2.75) is 25.0 Å². The largest absolute Gasteiger partial charge is 0.483 e. The summed E-state index contributed by atoms with van der Waals surface area (Å²) in [6.45, 7) is 2.76. The van der Waals surface area contributed by atoms with Crippen molar-refractivity contribution in [2.75, 3.05) is 26.2 Å². The summed E-state index contributed by atoms with van der Waals surface area (Å²) >= 11 is 0. The van der Waals surface area contributed by atoms with Crippen LogP contribution in [0.15, 0.2) is 54.6 Å².